The predicted molar refractivity (Wildman–Crippen MR) is 85.5 cm³/mol. The first-order valence-corrected chi connectivity index (χ1v) is 6.68. The van der Waals surface area contributed by atoms with E-state index in [9.17, 15) is 0 Å². The third kappa shape index (κ3) is 1.93. The zero-order chi connectivity index (χ0) is 14.4. The quantitative estimate of drug-likeness (QED) is 0.550. The molecule has 0 saturated carbocycles. The van der Waals surface area contributed by atoms with Gasteiger partial charge in [-0.15, -0.1) is 0 Å². The van der Waals surface area contributed by atoms with E-state index in [2.05, 4.69) is 9.97 Å². The predicted octanol–water partition coefficient (Wildman–Crippen LogP) is 3.39. The second-order valence-electron chi connectivity index (χ2n) is 5.06. The van der Waals surface area contributed by atoms with Crippen LogP contribution in [0.15, 0.2) is 24.3 Å². The fourth-order valence-corrected chi connectivity index (χ4v) is 2.40. The van der Waals surface area contributed by atoms with Crippen molar-refractivity contribution in [2.75, 3.05) is 24.7 Å². The normalized spacial score (nSPS) is 11.2. The highest BCUT2D eigenvalue weighted by Crippen LogP contribution is 2.31. The Balaban J connectivity index is 2.37. The number of nitrogen functional groups attached to an aromatic ring is 1. The topological polar surface area (TPSA) is 55.0 Å². The van der Waals surface area contributed by atoms with Crippen molar-refractivity contribution in [2.24, 2.45) is 0 Å². The lowest BCUT2D eigenvalue weighted by Gasteiger charge is -2.13. The minimum absolute atomic E-state index is 0.575. The number of anilines is 2. The van der Waals surface area contributed by atoms with Gasteiger partial charge in [0.15, 0.2) is 0 Å². The average Bonchev–Trinajstić information content (AvgIpc) is 2.42. The molecule has 1 aromatic heterocycles. The van der Waals surface area contributed by atoms with Crippen LogP contribution in [0, 0.1) is 6.92 Å². The molecule has 0 aliphatic rings. The van der Waals surface area contributed by atoms with Gasteiger partial charge in [-0.3, -0.25) is 0 Å². The summed E-state index contributed by atoms with van der Waals surface area (Å²) in [6.45, 7) is 1.89. The first-order valence-electron chi connectivity index (χ1n) is 6.31. The number of nitrogens with zero attached hydrogens (tertiary/aromatic N) is 3. The molecule has 0 atom stereocenters. The second-order valence-corrected chi connectivity index (χ2v) is 5.44. The van der Waals surface area contributed by atoms with E-state index in [4.69, 9.17) is 17.3 Å². The fourth-order valence-electron chi connectivity index (χ4n) is 2.16. The molecular weight excluding hydrogens is 272 g/mol. The van der Waals surface area contributed by atoms with E-state index in [1.54, 1.807) is 0 Å². The summed E-state index contributed by atoms with van der Waals surface area (Å²) in [7, 11) is 3.99. The Hall–Kier alpha value is -2.07. The van der Waals surface area contributed by atoms with Gasteiger partial charge in [-0.2, -0.15) is 0 Å². The maximum absolute atomic E-state index is 6.32. The molecule has 0 aliphatic heterocycles. The number of nitrogens with two attached hydrogens (primary N) is 1. The Bertz CT molecular complexity index is 827. The number of rotatable bonds is 1. The van der Waals surface area contributed by atoms with Crippen LogP contribution in [0.5, 0.6) is 0 Å². The number of benzene rings is 2. The van der Waals surface area contributed by atoms with Gasteiger partial charge in [-0.25, -0.2) is 9.97 Å². The summed E-state index contributed by atoms with van der Waals surface area (Å²) in [5.41, 5.74) is 11.6. The second kappa shape index (κ2) is 4.49. The van der Waals surface area contributed by atoms with Crippen LogP contribution in [0.25, 0.3) is 22.1 Å². The summed E-state index contributed by atoms with van der Waals surface area (Å²) >= 11 is 6.32. The largest absolute Gasteiger partial charge is 0.398 e. The van der Waals surface area contributed by atoms with E-state index >= 15 is 0 Å². The van der Waals surface area contributed by atoms with Gasteiger partial charge in [0.25, 0.3) is 0 Å². The molecule has 102 valence electrons. The molecule has 0 bridgehead atoms. The van der Waals surface area contributed by atoms with Crippen molar-refractivity contribution in [2.45, 2.75) is 6.92 Å². The number of hydrogen-bond acceptors (Lipinski definition) is 4. The van der Waals surface area contributed by atoms with Gasteiger partial charge in [0.2, 0.25) is 0 Å². The van der Waals surface area contributed by atoms with Crippen LogP contribution < -0.4 is 10.6 Å². The summed E-state index contributed by atoms with van der Waals surface area (Å²) in [6, 6.07) is 7.80. The molecule has 0 fully saturated rings. The average molecular weight is 287 g/mol. The number of halogens is 1. The molecule has 0 radical (unpaired) electrons. The van der Waals surface area contributed by atoms with Crippen molar-refractivity contribution in [3.63, 3.8) is 0 Å². The van der Waals surface area contributed by atoms with Crippen molar-refractivity contribution in [3.05, 3.63) is 34.9 Å². The van der Waals surface area contributed by atoms with E-state index in [1.165, 1.54) is 0 Å². The van der Waals surface area contributed by atoms with Crippen molar-refractivity contribution in [1.82, 2.24) is 9.97 Å². The van der Waals surface area contributed by atoms with Crippen LogP contribution in [0.1, 0.15) is 5.56 Å². The highest BCUT2D eigenvalue weighted by molar-refractivity contribution is 6.36. The first kappa shape index (κ1) is 12.9. The molecule has 0 spiro atoms. The standard InChI is InChI=1S/C15H15ClN4/c1-8-10(17)7-13-15(14(8)16)19-11-5-4-9(20(2)3)6-12(11)18-13/h4-7H,17H2,1-3H3. The third-order valence-electron chi connectivity index (χ3n) is 3.45. The molecule has 0 aliphatic carbocycles. The zero-order valence-corrected chi connectivity index (χ0v) is 12.4. The highest BCUT2D eigenvalue weighted by Gasteiger charge is 2.11. The summed E-state index contributed by atoms with van der Waals surface area (Å²) in [5.74, 6) is 0. The first-order chi connectivity index (χ1) is 9.47. The summed E-state index contributed by atoms with van der Waals surface area (Å²) in [5, 5.41) is 0.575. The number of aromatic nitrogens is 2. The molecule has 5 heteroatoms. The summed E-state index contributed by atoms with van der Waals surface area (Å²) in [6.07, 6.45) is 0. The number of hydrogen-bond donors (Lipinski definition) is 1. The summed E-state index contributed by atoms with van der Waals surface area (Å²) in [4.78, 5) is 11.3. The Labute approximate surface area is 122 Å². The molecule has 3 aromatic rings. The monoisotopic (exact) mass is 286 g/mol. The van der Waals surface area contributed by atoms with Gasteiger partial charge >= 0.3 is 0 Å². The van der Waals surface area contributed by atoms with Crippen molar-refractivity contribution in [1.29, 1.82) is 0 Å². The number of fused-ring (bicyclic) bond motifs is 2. The minimum Gasteiger partial charge on any atom is -0.398 e. The van der Waals surface area contributed by atoms with Crippen LogP contribution in [0.4, 0.5) is 11.4 Å². The molecule has 3 rings (SSSR count). The summed E-state index contributed by atoms with van der Waals surface area (Å²) < 4.78 is 0. The smallest absolute Gasteiger partial charge is 0.108 e. The molecule has 0 unspecified atom stereocenters. The maximum atomic E-state index is 6.32. The van der Waals surface area contributed by atoms with Crippen LogP contribution >= 0.6 is 11.6 Å². The molecule has 1 heterocycles. The van der Waals surface area contributed by atoms with Crippen LogP contribution in [-0.2, 0) is 0 Å². The van der Waals surface area contributed by atoms with E-state index in [-0.39, 0.29) is 0 Å². The molecule has 0 saturated heterocycles. The van der Waals surface area contributed by atoms with Gasteiger partial charge in [-0.05, 0) is 36.8 Å². The van der Waals surface area contributed by atoms with E-state index in [0.29, 0.717) is 16.2 Å². The SMILES string of the molecule is Cc1c(N)cc2nc3cc(N(C)C)ccc3nc2c1Cl. The molecule has 4 nitrogen and oxygen atoms in total. The zero-order valence-electron chi connectivity index (χ0n) is 11.6. The van der Waals surface area contributed by atoms with Crippen LogP contribution in [-0.4, -0.2) is 24.1 Å². The van der Waals surface area contributed by atoms with Crippen molar-refractivity contribution in [3.8, 4) is 0 Å². The van der Waals surface area contributed by atoms with E-state index in [1.807, 2.05) is 50.2 Å². The lowest BCUT2D eigenvalue weighted by atomic mass is 10.1. The third-order valence-corrected chi connectivity index (χ3v) is 3.92. The lowest BCUT2D eigenvalue weighted by molar-refractivity contribution is 1.13. The molecule has 2 aromatic carbocycles. The van der Waals surface area contributed by atoms with Gasteiger partial charge in [0.1, 0.15) is 5.52 Å². The van der Waals surface area contributed by atoms with Gasteiger partial charge < -0.3 is 10.6 Å². The Morgan fingerprint density at radius 2 is 1.80 bits per heavy atom. The van der Waals surface area contributed by atoms with Crippen molar-refractivity contribution >= 4 is 45.0 Å². The van der Waals surface area contributed by atoms with Gasteiger partial charge in [-0.1, -0.05) is 11.6 Å². The van der Waals surface area contributed by atoms with Crippen LogP contribution in [0.2, 0.25) is 5.02 Å². The fraction of sp³-hybridized carbons (Fsp3) is 0.200. The molecule has 20 heavy (non-hydrogen) atoms. The highest BCUT2D eigenvalue weighted by atomic mass is 35.5. The Kier molecular flexibility index (Phi) is 2.91. The minimum atomic E-state index is 0.575. The maximum Gasteiger partial charge on any atom is 0.108 e. The van der Waals surface area contributed by atoms with E-state index < -0.39 is 0 Å². The van der Waals surface area contributed by atoms with E-state index in [0.717, 1.165) is 27.8 Å². The Morgan fingerprint density at radius 1 is 1.05 bits per heavy atom. The van der Waals surface area contributed by atoms with Gasteiger partial charge in [0.05, 0.1) is 21.6 Å². The van der Waals surface area contributed by atoms with Crippen LogP contribution in [0.3, 0.4) is 0 Å². The molecular formula is C15H15ClN4. The molecule has 2 N–H and O–H groups in total. The van der Waals surface area contributed by atoms with Gasteiger partial charge in [0, 0.05) is 25.5 Å². The molecule has 0 amide bonds. The lowest BCUT2D eigenvalue weighted by Crippen LogP contribution is -2.08. The van der Waals surface area contributed by atoms with Crippen molar-refractivity contribution < 1.29 is 0 Å². The Morgan fingerprint density at radius 3 is 2.50 bits per heavy atom.